The molecule has 128 valence electrons. The Labute approximate surface area is 139 Å². The predicted octanol–water partition coefficient (Wildman–Crippen LogP) is 1.96. The molecule has 0 radical (unpaired) electrons. The number of hydrogen-bond donors (Lipinski definition) is 1. The van der Waals surface area contributed by atoms with Crippen LogP contribution in [0.3, 0.4) is 0 Å². The second kappa shape index (κ2) is 9.33. The number of hydrogen-bond acceptors (Lipinski definition) is 5. The standard InChI is InChI=1S/C18H29N3O2/c1-2-5-16-6-4-7-17(20-16)14-23-18-8-10-21(13-18)11-9-19-15-22-12-3-1/h4,6-7,18-19H,1-3,5,8-15H2. The lowest BCUT2D eigenvalue weighted by molar-refractivity contribution is 0.0444. The van der Waals surface area contributed by atoms with Crippen molar-refractivity contribution >= 4 is 0 Å². The van der Waals surface area contributed by atoms with Gasteiger partial charge in [0.15, 0.2) is 0 Å². The van der Waals surface area contributed by atoms with Crippen molar-refractivity contribution in [3.05, 3.63) is 29.6 Å². The minimum Gasteiger partial charge on any atom is -0.371 e. The Morgan fingerprint density at radius 2 is 2.09 bits per heavy atom. The first-order chi connectivity index (χ1) is 11.4. The molecule has 5 heteroatoms. The van der Waals surface area contributed by atoms with Gasteiger partial charge in [0, 0.05) is 38.5 Å². The highest BCUT2D eigenvalue weighted by molar-refractivity contribution is 5.10. The van der Waals surface area contributed by atoms with Crippen molar-refractivity contribution in [2.45, 2.75) is 44.8 Å². The summed E-state index contributed by atoms with van der Waals surface area (Å²) in [5.41, 5.74) is 2.25. The summed E-state index contributed by atoms with van der Waals surface area (Å²) in [6.07, 6.45) is 6.00. The molecule has 2 aliphatic heterocycles. The van der Waals surface area contributed by atoms with Crippen molar-refractivity contribution in [1.82, 2.24) is 15.2 Å². The summed E-state index contributed by atoms with van der Waals surface area (Å²) in [7, 11) is 0. The van der Waals surface area contributed by atoms with E-state index in [9.17, 15) is 0 Å². The third-order valence-corrected chi connectivity index (χ3v) is 4.59. The maximum Gasteiger partial charge on any atom is 0.0965 e. The molecule has 0 aromatic carbocycles. The number of nitrogens with zero attached hydrogens (tertiary/aromatic N) is 2. The molecule has 0 spiro atoms. The van der Waals surface area contributed by atoms with Crippen LogP contribution in [0.5, 0.6) is 0 Å². The van der Waals surface area contributed by atoms with Crippen molar-refractivity contribution in [1.29, 1.82) is 0 Å². The molecule has 3 rings (SSSR count). The summed E-state index contributed by atoms with van der Waals surface area (Å²) in [5.74, 6) is 0. The van der Waals surface area contributed by atoms with Crippen molar-refractivity contribution in [3.8, 4) is 0 Å². The molecular formula is C18H29N3O2. The fraction of sp³-hybridized carbons (Fsp3) is 0.722. The zero-order chi connectivity index (χ0) is 15.7. The SMILES string of the molecule is c1cc2nc(c1)COC1CCN(CCNCOCCCCC2)C1. The van der Waals surface area contributed by atoms with E-state index in [1.807, 2.05) is 0 Å². The molecule has 23 heavy (non-hydrogen) atoms. The first-order valence-electron chi connectivity index (χ1n) is 8.97. The molecule has 1 aromatic rings. The van der Waals surface area contributed by atoms with Gasteiger partial charge in [0.2, 0.25) is 0 Å². The summed E-state index contributed by atoms with van der Waals surface area (Å²) in [6, 6.07) is 6.31. The Morgan fingerprint density at radius 3 is 3.09 bits per heavy atom. The van der Waals surface area contributed by atoms with Crippen molar-refractivity contribution in [3.63, 3.8) is 0 Å². The highest BCUT2D eigenvalue weighted by atomic mass is 16.5. The molecule has 1 aromatic heterocycles. The van der Waals surface area contributed by atoms with E-state index in [4.69, 9.17) is 14.5 Å². The van der Waals surface area contributed by atoms with Gasteiger partial charge in [0.1, 0.15) is 0 Å². The van der Waals surface area contributed by atoms with E-state index >= 15 is 0 Å². The molecule has 0 amide bonds. The fourth-order valence-electron chi connectivity index (χ4n) is 3.23. The molecule has 0 aliphatic carbocycles. The first-order valence-corrected chi connectivity index (χ1v) is 8.97. The van der Waals surface area contributed by atoms with E-state index in [0.29, 0.717) is 19.4 Å². The maximum atomic E-state index is 6.07. The monoisotopic (exact) mass is 319 g/mol. The third kappa shape index (κ3) is 5.84. The van der Waals surface area contributed by atoms with Crippen molar-refractivity contribution in [2.75, 3.05) is 39.5 Å². The summed E-state index contributed by atoms with van der Waals surface area (Å²) >= 11 is 0. The first kappa shape index (κ1) is 16.8. The predicted molar refractivity (Wildman–Crippen MR) is 90.2 cm³/mol. The number of pyridine rings is 1. The number of fused-ring (bicyclic) bond motifs is 4. The maximum absolute atomic E-state index is 6.07. The molecule has 0 saturated carbocycles. The summed E-state index contributed by atoms with van der Waals surface area (Å²) in [6.45, 7) is 6.35. The van der Waals surface area contributed by atoms with E-state index in [1.54, 1.807) is 0 Å². The van der Waals surface area contributed by atoms with Crippen LogP contribution in [0.25, 0.3) is 0 Å². The smallest absolute Gasteiger partial charge is 0.0965 e. The third-order valence-electron chi connectivity index (χ3n) is 4.59. The molecule has 3 heterocycles. The lowest BCUT2D eigenvalue weighted by atomic mass is 10.1. The van der Waals surface area contributed by atoms with Gasteiger partial charge >= 0.3 is 0 Å². The topological polar surface area (TPSA) is 46.6 Å². The zero-order valence-corrected chi connectivity index (χ0v) is 14.0. The van der Waals surface area contributed by atoms with Crippen molar-refractivity contribution < 1.29 is 9.47 Å². The van der Waals surface area contributed by atoms with Gasteiger partial charge in [-0.15, -0.1) is 0 Å². The highest BCUT2D eigenvalue weighted by Gasteiger charge is 2.22. The van der Waals surface area contributed by atoms with Crippen LogP contribution in [0.2, 0.25) is 0 Å². The van der Waals surface area contributed by atoms with Crippen LogP contribution >= 0.6 is 0 Å². The summed E-state index contributed by atoms with van der Waals surface area (Å²) < 4.78 is 11.7. The van der Waals surface area contributed by atoms with E-state index in [0.717, 1.165) is 57.7 Å². The van der Waals surface area contributed by atoms with Gasteiger partial charge in [0.25, 0.3) is 0 Å². The van der Waals surface area contributed by atoms with Gasteiger partial charge < -0.3 is 9.47 Å². The van der Waals surface area contributed by atoms with Gasteiger partial charge in [-0.1, -0.05) is 12.5 Å². The second-order valence-corrected chi connectivity index (χ2v) is 6.51. The van der Waals surface area contributed by atoms with Gasteiger partial charge in [-0.3, -0.25) is 15.2 Å². The molecule has 4 bridgehead atoms. The lowest BCUT2D eigenvalue weighted by Gasteiger charge is -2.17. The van der Waals surface area contributed by atoms with Gasteiger partial charge in [0.05, 0.1) is 25.1 Å². The van der Waals surface area contributed by atoms with Crippen LogP contribution in [-0.4, -0.2) is 55.5 Å². The van der Waals surface area contributed by atoms with Gasteiger partial charge in [-0.2, -0.15) is 0 Å². The fourth-order valence-corrected chi connectivity index (χ4v) is 3.23. The Balaban J connectivity index is 1.55. The van der Waals surface area contributed by atoms with Crippen molar-refractivity contribution in [2.24, 2.45) is 0 Å². The Hall–Kier alpha value is -1.01. The lowest BCUT2D eigenvalue weighted by Crippen LogP contribution is -2.32. The van der Waals surface area contributed by atoms with E-state index in [2.05, 4.69) is 28.4 Å². The number of ether oxygens (including phenoxy) is 2. The minimum atomic E-state index is 0.343. The molecule has 1 saturated heterocycles. The molecule has 2 unspecified atom stereocenters. The van der Waals surface area contributed by atoms with Crippen LogP contribution in [0, 0.1) is 0 Å². The highest BCUT2D eigenvalue weighted by Crippen LogP contribution is 2.14. The minimum absolute atomic E-state index is 0.343. The van der Waals surface area contributed by atoms with Crippen LogP contribution in [0.1, 0.15) is 37.1 Å². The van der Waals surface area contributed by atoms with Crippen LogP contribution in [0.4, 0.5) is 0 Å². The second-order valence-electron chi connectivity index (χ2n) is 6.51. The number of rotatable bonds is 0. The molecule has 2 aliphatic rings. The largest absolute Gasteiger partial charge is 0.371 e. The molecule has 2 atom stereocenters. The normalized spacial score (nSPS) is 28.0. The van der Waals surface area contributed by atoms with E-state index in [-0.39, 0.29) is 0 Å². The molecular weight excluding hydrogens is 290 g/mol. The Kier molecular flexibility index (Phi) is 6.83. The number of aryl methyl sites for hydroxylation is 1. The quantitative estimate of drug-likeness (QED) is 0.792. The van der Waals surface area contributed by atoms with Crippen LogP contribution < -0.4 is 5.32 Å². The molecule has 1 N–H and O–H groups in total. The Bertz CT molecular complexity index is 469. The molecule has 1 fully saturated rings. The van der Waals surface area contributed by atoms with E-state index < -0.39 is 0 Å². The summed E-state index contributed by atoms with van der Waals surface area (Å²) in [4.78, 5) is 7.20. The Morgan fingerprint density at radius 1 is 1.13 bits per heavy atom. The average molecular weight is 319 g/mol. The van der Waals surface area contributed by atoms with E-state index in [1.165, 1.54) is 18.5 Å². The van der Waals surface area contributed by atoms with Gasteiger partial charge in [-0.25, -0.2) is 0 Å². The number of nitrogens with one attached hydrogen (secondary N) is 1. The van der Waals surface area contributed by atoms with Gasteiger partial charge in [-0.05, 0) is 37.8 Å². The van der Waals surface area contributed by atoms with Crippen LogP contribution in [-0.2, 0) is 22.5 Å². The average Bonchev–Trinajstić information content (AvgIpc) is 3.02. The number of aromatic nitrogens is 1. The summed E-state index contributed by atoms with van der Waals surface area (Å²) in [5, 5.41) is 3.36. The zero-order valence-electron chi connectivity index (χ0n) is 14.0. The molecule has 5 nitrogen and oxygen atoms in total. The van der Waals surface area contributed by atoms with Crippen LogP contribution in [0.15, 0.2) is 18.2 Å².